The second-order valence-electron chi connectivity index (χ2n) is 4.81. The highest BCUT2D eigenvalue weighted by Crippen LogP contribution is 2.25. The van der Waals surface area contributed by atoms with Gasteiger partial charge in [0.25, 0.3) is 5.56 Å². The second-order valence-corrected chi connectivity index (χ2v) is 6.01. The summed E-state index contributed by atoms with van der Waals surface area (Å²) in [5.41, 5.74) is 0.960. The Hall–Kier alpha value is -1.89. The van der Waals surface area contributed by atoms with Crippen LogP contribution in [0.1, 0.15) is 10.4 Å². The molecule has 1 amide bonds. The van der Waals surface area contributed by atoms with Crippen LogP contribution >= 0.6 is 11.3 Å². The Morgan fingerprint density at radius 3 is 2.85 bits per heavy atom. The van der Waals surface area contributed by atoms with Gasteiger partial charge in [-0.2, -0.15) is 0 Å². The number of ether oxygens (including phenoxy) is 1. The van der Waals surface area contributed by atoms with E-state index in [9.17, 15) is 9.59 Å². The van der Waals surface area contributed by atoms with Crippen molar-refractivity contribution in [3.8, 4) is 0 Å². The van der Waals surface area contributed by atoms with Gasteiger partial charge in [-0.25, -0.2) is 9.78 Å². The van der Waals surface area contributed by atoms with E-state index in [1.807, 2.05) is 13.8 Å². The van der Waals surface area contributed by atoms with E-state index in [1.165, 1.54) is 11.3 Å². The van der Waals surface area contributed by atoms with Gasteiger partial charge >= 0.3 is 6.09 Å². The SMILES string of the molecule is Cc1sc2ncn(CCN3CCOC3=O)c(=O)c2c1C. The van der Waals surface area contributed by atoms with Crippen LogP contribution in [0.3, 0.4) is 0 Å². The summed E-state index contributed by atoms with van der Waals surface area (Å²) < 4.78 is 6.43. The molecule has 0 unspecified atom stereocenters. The molecule has 6 nitrogen and oxygen atoms in total. The molecule has 0 saturated carbocycles. The molecule has 106 valence electrons. The lowest BCUT2D eigenvalue weighted by Gasteiger charge is -2.13. The maximum atomic E-state index is 12.4. The zero-order valence-corrected chi connectivity index (χ0v) is 12.2. The normalized spacial score (nSPS) is 15.1. The second kappa shape index (κ2) is 4.90. The minimum Gasteiger partial charge on any atom is -0.448 e. The van der Waals surface area contributed by atoms with Crippen LogP contribution in [0.2, 0.25) is 0 Å². The van der Waals surface area contributed by atoms with Crippen molar-refractivity contribution < 1.29 is 9.53 Å². The molecule has 0 N–H and O–H groups in total. The Balaban J connectivity index is 1.88. The number of hydrogen-bond donors (Lipinski definition) is 0. The third-order valence-electron chi connectivity index (χ3n) is 3.61. The Morgan fingerprint density at radius 2 is 2.15 bits per heavy atom. The fraction of sp³-hybridized carbons (Fsp3) is 0.462. The summed E-state index contributed by atoms with van der Waals surface area (Å²) >= 11 is 1.54. The fourth-order valence-electron chi connectivity index (χ4n) is 2.29. The number of hydrogen-bond acceptors (Lipinski definition) is 5. The summed E-state index contributed by atoms with van der Waals surface area (Å²) in [7, 11) is 0. The highest BCUT2D eigenvalue weighted by molar-refractivity contribution is 7.18. The molecule has 0 aliphatic carbocycles. The van der Waals surface area contributed by atoms with Crippen LogP contribution in [0.15, 0.2) is 11.1 Å². The van der Waals surface area contributed by atoms with Gasteiger partial charge in [-0.1, -0.05) is 0 Å². The molecule has 2 aromatic heterocycles. The first kappa shape index (κ1) is 13.1. The zero-order valence-electron chi connectivity index (χ0n) is 11.4. The fourth-order valence-corrected chi connectivity index (χ4v) is 3.27. The predicted octanol–water partition coefficient (Wildman–Crippen LogP) is 1.53. The summed E-state index contributed by atoms with van der Waals surface area (Å²) in [6, 6.07) is 0. The summed E-state index contributed by atoms with van der Waals surface area (Å²) in [5, 5.41) is 0.694. The van der Waals surface area contributed by atoms with E-state index < -0.39 is 0 Å². The van der Waals surface area contributed by atoms with Gasteiger partial charge < -0.3 is 9.64 Å². The number of rotatable bonds is 3. The van der Waals surface area contributed by atoms with Crippen molar-refractivity contribution in [2.75, 3.05) is 19.7 Å². The van der Waals surface area contributed by atoms with Gasteiger partial charge in [-0.15, -0.1) is 11.3 Å². The molecule has 1 fully saturated rings. The van der Waals surface area contributed by atoms with Crippen LogP contribution in [0, 0.1) is 13.8 Å². The Kier molecular flexibility index (Phi) is 3.21. The number of carbonyl (C=O) groups excluding carboxylic acids is 1. The monoisotopic (exact) mass is 293 g/mol. The van der Waals surface area contributed by atoms with Crippen molar-refractivity contribution in [2.45, 2.75) is 20.4 Å². The molecule has 7 heteroatoms. The minimum atomic E-state index is -0.311. The average molecular weight is 293 g/mol. The molecule has 1 saturated heterocycles. The largest absolute Gasteiger partial charge is 0.448 e. The third kappa shape index (κ3) is 2.07. The first-order valence-electron chi connectivity index (χ1n) is 6.45. The highest BCUT2D eigenvalue weighted by atomic mass is 32.1. The van der Waals surface area contributed by atoms with E-state index in [2.05, 4.69) is 4.98 Å². The van der Waals surface area contributed by atoms with Gasteiger partial charge in [0.1, 0.15) is 11.4 Å². The number of fused-ring (bicyclic) bond motifs is 1. The van der Waals surface area contributed by atoms with Gasteiger partial charge in [0.05, 0.1) is 18.3 Å². The molecule has 20 heavy (non-hydrogen) atoms. The third-order valence-corrected chi connectivity index (χ3v) is 4.73. The first-order valence-corrected chi connectivity index (χ1v) is 7.26. The van der Waals surface area contributed by atoms with Crippen LogP contribution in [0.4, 0.5) is 4.79 Å². The van der Waals surface area contributed by atoms with Gasteiger partial charge in [0.15, 0.2) is 0 Å². The van der Waals surface area contributed by atoms with Gasteiger partial charge in [-0.3, -0.25) is 9.36 Å². The molecule has 0 radical (unpaired) electrons. The van der Waals surface area contributed by atoms with Crippen LogP contribution in [0.25, 0.3) is 10.2 Å². The smallest absolute Gasteiger partial charge is 0.410 e. The number of nitrogens with zero attached hydrogens (tertiary/aromatic N) is 3. The number of aromatic nitrogens is 2. The van der Waals surface area contributed by atoms with Crippen molar-refractivity contribution in [2.24, 2.45) is 0 Å². The van der Waals surface area contributed by atoms with Crippen molar-refractivity contribution in [3.05, 3.63) is 27.1 Å². The van der Waals surface area contributed by atoms with E-state index in [1.54, 1.807) is 15.8 Å². The molecule has 3 rings (SSSR count). The highest BCUT2D eigenvalue weighted by Gasteiger charge is 2.21. The van der Waals surface area contributed by atoms with Crippen LogP contribution in [-0.2, 0) is 11.3 Å². The first-order chi connectivity index (χ1) is 9.58. The van der Waals surface area contributed by atoms with E-state index in [0.29, 0.717) is 31.6 Å². The van der Waals surface area contributed by atoms with Gasteiger partial charge in [0, 0.05) is 18.0 Å². The summed E-state index contributed by atoms with van der Waals surface area (Å²) in [5.74, 6) is 0. The number of carbonyl (C=O) groups is 1. The van der Waals surface area contributed by atoms with E-state index in [-0.39, 0.29) is 11.7 Å². The minimum absolute atomic E-state index is 0.0376. The lowest BCUT2D eigenvalue weighted by molar-refractivity contribution is 0.157. The van der Waals surface area contributed by atoms with Gasteiger partial charge in [-0.05, 0) is 19.4 Å². The van der Waals surface area contributed by atoms with E-state index in [0.717, 1.165) is 15.3 Å². The average Bonchev–Trinajstić information content (AvgIpc) is 2.94. The number of cyclic esters (lactones) is 1. The van der Waals surface area contributed by atoms with E-state index in [4.69, 9.17) is 4.74 Å². The molecule has 3 heterocycles. The molecule has 1 aliphatic heterocycles. The topological polar surface area (TPSA) is 64.4 Å². The maximum absolute atomic E-state index is 12.4. The van der Waals surface area contributed by atoms with E-state index >= 15 is 0 Å². The quantitative estimate of drug-likeness (QED) is 0.861. The maximum Gasteiger partial charge on any atom is 0.410 e. The van der Waals surface area contributed by atoms with Crippen molar-refractivity contribution in [1.29, 1.82) is 0 Å². The number of thiophene rings is 1. The summed E-state index contributed by atoms with van der Waals surface area (Å²) in [6.07, 6.45) is 1.25. The molecule has 2 aromatic rings. The summed E-state index contributed by atoms with van der Waals surface area (Å²) in [6.45, 7) is 5.85. The Labute approximate surface area is 119 Å². The van der Waals surface area contributed by atoms with Crippen molar-refractivity contribution in [1.82, 2.24) is 14.5 Å². The molecule has 0 spiro atoms. The molecule has 0 atom stereocenters. The Bertz CT molecular complexity index is 734. The Morgan fingerprint density at radius 1 is 1.35 bits per heavy atom. The van der Waals surface area contributed by atoms with Crippen LogP contribution in [-0.4, -0.2) is 40.2 Å². The standard InChI is InChI=1S/C13H15N3O3S/c1-8-9(2)20-11-10(8)12(17)16(7-14-11)4-3-15-5-6-19-13(15)18/h7H,3-6H2,1-2H3. The molecule has 1 aliphatic rings. The molecule has 0 bridgehead atoms. The molecule has 0 aromatic carbocycles. The van der Waals surface area contributed by atoms with Gasteiger partial charge in [0.2, 0.25) is 0 Å². The van der Waals surface area contributed by atoms with Crippen molar-refractivity contribution in [3.63, 3.8) is 0 Å². The molecular weight excluding hydrogens is 278 g/mol. The lowest BCUT2D eigenvalue weighted by atomic mass is 10.2. The predicted molar refractivity (Wildman–Crippen MR) is 76.3 cm³/mol. The lowest BCUT2D eigenvalue weighted by Crippen LogP contribution is -2.31. The number of aryl methyl sites for hydroxylation is 2. The zero-order chi connectivity index (χ0) is 14.3. The van der Waals surface area contributed by atoms with Crippen LogP contribution in [0.5, 0.6) is 0 Å². The number of amides is 1. The molecular formula is C13H15N3O3S. The summed E-state index contributed by atoms with van der Waals surface area (Å²) in [4.78, 5) is 31.6. The van der Waals surface area contributed by atoms with Crippen LogP contribution < -0.4 is 5.56 Å². The van der Waals surface area contributed by atoms with Crippen molar-refractivity contribution >= 4 is 27.6 Å².